The van der Waals surface area contributed by atoms with E-state index in [-0.39, 0.29) is 0 Å². The maximum Gasteiger partial charge on any atom is 0.134 e. The molecule has 1 aromatic heterocycles. The number of aryl methyl sites for hydroxylation is 1. The number of anilines is 1. The minimum atomic E-state index is 0.465. The number of aromatic nitrogens is 2. The van der Waals surface area contributed by atoms with Crippen molar-refractivity contribution in [2.45, 2.75) is 32.1 Å². The normalized spacial score (nSPS) is 17.4. The van der Waals surface area contributed by atoms with Gasteiger partial charge in [-0.2, -0.15) is 0 Å². The molecule has 4 nitrogen and oxygen atoms in total. The van der Waals surface area contributed by atoms with Gasteiger partial charge in [-0.15, -0.1) is 0 Å². The highest BCUT2D eigenvalue weighted by atomic mass is 16.5. The van der Waals surface area contributed by atoms with Crippen LogP contribution < -0.4 is 5.32 Å². The molecule has 2 heterocycles. The van der Waals surface area contributed by atoms with Gasteiger partial charge in [-0.05, 0) is 19.3 Å². The smallest absolute Gasteiger partial charge is 0.134 e. The van der Waals surface area contributed by atoms with E-state index >= 15 is 0 Å². The van der Waals surface area contributed by atoms with Crippen molar-refractivity contribution < 1.29 is 4.74 Å². The number of rotatable bonds is 3. The summed E-state index contributed by atoms with van der Waals surface area (Å²) >= 11 is 0. The fraction of sp³-hybridized carbons (Fsp3) is 0.667. The summed E-state index contributed by atoms with van der Waals surface area (Å²) in [5.74, 6) is 2.37. The van der Waals surface area contributed by atoms with Gasteiger partial charge in [0.05, 0.1) is 0 Å². The summed E-state index contributed by atoms with van der Waals surface area (Å²) in [4.78, 5) is 9.16. The maximum atomic E-state index is 5.36. The molecule has 0 amide bonds. The predicted octanol–water partition coefficient (Wildman–Crippen LogP) is 1.97. The Morgan fingerprint density at radius 1 is 1.38 bits per heavy atom. The molecule has 0 radical (unpaired) electrons. The van der Waals surface area contributed by atoms with Gasteiger partial charge in [0, 0.05) is 37.9 Å². The van der Waals surface area contributed by atoms with E-state index in [2.05, 4.69) is 22.2 Å². The Hall–Kier alpha value is -1.16. The molecule has 1 N–H and O–H groups in total. The molecule has 0 atom stereocenters. The van der Waals surface area contributed by atoms with E-state index < -0.39 is 0 Å². The molecule has 4 heteroatoms. The van der Waals surface area contributed by atoms with Gasteiger partial charge in [-0.1, -0.05) is 6.92 Å². The lowest BCUT2D eigenvalue weighted by Crippen LogP contribution is -2.17. The molecule has 16 heavy (non-hydrogen) atoms. The highest BCUT2D eigenvalue weighted by molar-refractivity contribution is 5.35. The van der Waals surface area contributed by atoms with Gasteiger partial charge >= 0.3 is 0 Å². The number of ether oxygens (including phenoxy) is 1. The minimum absolute atomic E-state index is 0.465. The largest absolute Gasteiger partial charge is 0.381 e. The number of hydrogen-bond donors (Lipinski definition) is 1. The van der Waals surface area contributed by atoms with Crippen molar-refractivity contribution in [1.82, 2.24) is 9.97 Å². The first kappa shape index (κ1) is 11.3. The second-order valence-electron chi connectivity index (χ2n) is 4.09. The van der Waals surface area contributed by atoms with Crippen LogP contribution in [0.2, 0.25) is 0 Å². The van der Waals surface area contributed by atoms with Gasteiger partial charge in [0.15, 0.2) is 0 Å². The minimum Gasteiger partial charge on any atom is -0.381 e. The Balaban J connectivity index is 2.24. The molecule has 1 aromatic rings. The van der Waals surface area contributed by atoms with Gasteiger partial charge < -0.3 is 10.1 Å². The standard InChI is InChI=1S/C12H19N3O/c1-3-10-8-11(13-2)15-12(14-10)9-4-6-16-7-5-9/h8-9H,3-7H2,1-2H3,(H,13,14,15). The number of nitrogens with one attached hydrogen (secondary N) is 1. The first-order chi connectivity index (χ1) is 7.83. The molecule has 0 saturated carbocycles. The summed E-state index contributed by atoms with van der Waals surface area (Å²) in [6.07, 6.45) is 3.03. The molecule has 0 aromatic carbocycles. The summed E-state index contributed by atoms with van der Waals surface area (Å²) in [7, 11) is 1.90. The number of nitrogens with zero attached hydrogens (tertiary/aromatic N) is 2. The molecule has 0 spiro atoms. The second-order valence-corrected chi connectivity index (χ2v) is 4.09. The van der Waals surface area contributed by atoms with E-state index in [0.29, 0.717) is 5.92 Å². The van der Waals surface area contributed by atoms with Crippen LogP contribution in [0.3, 0.4) is 0 Å². The van der Waals surface area contributed by atoms with Crippen LogP contribution in [0.4, 0.5) is 5.82 Å². The SMILES string of the molecule is CCc1cc(NC)nc(C2CCOCC2)n1. The van der Waals surface area contributed by atoms with Crippen LogP contribution >= 0.6 is 0 Å². The van der Waals surface area contributed by atoms with Gasteiger partial charge in [0.1, 0.15) is 11.6 Å². The van der Waals surface area contributed by atoms with E-state index in [1.54, 1.807) is 0 Å². The molecular weight excluding hydrogens is 202 g/mol. The van der Waals surface area contributed by atoms with Crippen molar-refractivity contribution >= 4 is 5.82 Å². The zero-order chi connectivity index (χ0) is 11.4. The lowest BCUT2D eigenvalue weighted by molar-refractivity contribution is 0.0835. The summed E-state index contributed by atoms with van der Waals surface area (Å²) in [6, 6.07) is 2.02. The van der Waals surface area contributed by atoms with Crippen LogP contribution in [0, 0.1) is 0 Å². The third kappa shape index (κ3) is 2.50. The topological polar surface area (TPSA) is 47.0 Å². The zero-order valence-corrected chi connectivity index (χ0v) is 9.99. The van der Waals surface area contributed by atoms with Crippen molar-refractivity contribution in [2.24, 2.45) is 0 Å². The first-order valence-electron chi connectivity index (χ1n) is 5.96. The fourth-order valence-corrected chi connectivity index (χ4v) is 1.97. The first-order valence-corrected chi connectivity index (χ1v) is 5.96. The fourth-order valence-electron chi connectivity index (χ4n) is 1.97. The van der Waals surface area contributed by atoms with Crippen molar-refractivity contribution in [3.63, 3.8) is 0 Å². The van der Waals surface area contributed by atoms with Gasteiger partial charge in [-0.25, -0.2) is 9.97 Å². The molecule has 0 bridgehead atoms. The lowest BCUT2D eigenvalue weighted by atomic mass is 9.99. The third-order valence-corrected chi connectivity index (χ3v) is 3.00. The zero-order valence-electron chi connectivity index (χ0n) is 9.99. The van der Waals surface area contributed by atoms with E-state index in [4.69, 9.17) is 4.74 Å². The number of hydrogen-bond acceptors (Lipinski definition) is 4. The molecule has 0 unspecified atom stereocenters. The molecule has 88 valence electrons. The summed E-state index contributed by atoms with van der Waals surface area (Å²) in [5, 5.41) is 3.10. The monoisotopic (exact) mass is 221 g/mol. The van der Waals surface area contributed by atoms with Crippen molar-refractivity contribution in [3.05, 3.63) is 17.6 Å². The molecule has 1 fully saturated rings. The Kier molecular flexibility index (Phi) is 3.72. The summed E-state index contributed by atoms with van der Waals surface area (Å²) in [6.45, 7) is 3.79. The van der Waals surface area contributed by atoms with Crippen molar-refractivity contribution in [2.75, 3.05) is 25.6 Å². The Bertz CT molecular complexity index is 326. The van der Waals surface area contributed by atoms with E-state index in [0.717, 1.165) is 49.8 Å². The maximum absolute atomic E-state index is 5.36. The Morgan fingerprint density at radius 2 is 2.12 bits per heavy atom. The molecule has 2 rings (SSSR count). The van der Waals surface area contributed by atoms with Crippen LogP contribution in [0.1, 0.15) is 37.2 Å². The van der Waals surface area contributed by atoms with Crippen LogP contribution in [0.15, 0.2) is 6.07 Å². The summed E-state index contributed by atoms with van der Waals surface area (Å²) in [5.41, 5.74) is 1.11. The van der Waals surface area contributed by atoms with Gasteiger partial charge in [0.2, 0.25) is 0 Å². The average Bonchev–Trinajstić information content (AvgIpc) is 2.39. The highest BCUT2D eigenvalue weighted by Gasteiger charge is 2.19. The van der Waals surface area contributed by atoms with E-state index in [1.165, 1.54) is 0 Å². The average molecular weight is 221 g/mol. The molecule has 0 aliphatic carbocycles. The second kappa shape index (κ2) is 5.25. The van der Waals surface area contributed by atoms with Crippen molar-refractivity contribution in [3.8, 4) is 0 Å². The predicted molar refractivity (Wildman–Crippen MR) is 63.8 cm³/mol. The van der Waals surface area contributed by atoms with E-state index in [1.807, 2.05) is 13.1 Å². The quantitative estimate of drug-likeness (QED) is 0.847. The van der Waals surface area contributed by atoms with Crippen LogP contribution in [0.5, 0.6) is 0 Å². The highest BCUT2D eigenvalue weighted by Crippen LogP contribution is 2.25. The Labute approximate surface area is 96.4 Å². The van der Waals surface area contributed by atoms with Crippen LogP contribution in [-0.4, -0.2) is 30.2 Å². The third-order valence-electron chi connectivity index (χ3n) is 3.00. The summed E-state index contributed by atoms with van der Waals surface area (Å²) < 4.78 is 5.36. The Morgan fingerprint density at radius 3 is 2.75 bits per heavy atom. The molecule has 1 saturated heterocycles. The van der Waals surface area contributed by atoms with Gasteiger partial charge in [-0.3, -0.25) is 0 Å². The molecular formula is C12H19N3O. The van der Waals surface area contributed by atoms with Crippen molar-refractivity contribution in [1.29, 1.82) is 0 Å². The van der Waals surface area contributed by atoms with Crippen LogP contribution in [0.25, 0.3) is 0 Å². The lowest BCUT2D eigenvalue weighted by Gasteiger charge is -2.21. The van der Waals surface area contributed by atoms with E-state index in [9.17, 15) is 0 Å². The molecule has 1 aliphatic rings. The molecule has 1 aliphatic heterocycles. The van der Waals surface area contributed by atoms with Crippen LogP contribution in [-0.2, 0) is 11.2 Å². The van der Waals surface area contributed by atoms with Gasteiger partial charge in [0.25, 0.3) is 0 Å².